The van der Waals surface area contributed by atoms with Crippen LogP contribution in [0.4, 0.5) is 0 Å². The Morgan fingerprint density at radius 2 is 2.31 bits per heavy atom. The Balaban J connectivity index is 1.79. The Bertz CT molecular complexity index is 187. The predicted molar refractivity (Wildman–Crippen MR) is 52.1 cm³/mol. The number of nitrogens with zero attached hydrogens (tertiary/aromatic N) is 1. The van der Waals surface area contributed by atoms with Gasteiger partial charge in [0.05, 0.1) is 11.9 Å². The molecule has 74 valence electrons. The number of hydrogen-bond acceptors (Lipinski definition) is 2. The molecule has 0 aliphatic carbocycles. The first-order valence-corrected chi connectivity index (χ1v) is 5.30. The van der Waals surface area contributed by atoms with E-state index in [0.717, 1.165) is 38.4 Å². The van der Waals surface area contributed by atoms with E-state index in [2.05, 4.69) is 4.90 Å². The summed E-state index contributed by atoms with van der Waals surface area (Å²) in [7, 11) is 0. The third kappa shape index (κ3) is 2.21. The van der Waals surface area contributed by atoms with Crippen molar-refractivity contribution in [3.63, 3.8) is 0 Å². The maximum absolute atomic E-state index is 7.69. The van der Waals surface area contributed by atoms with Gasteiger partial charge in [0.25, 0.3) is 0 Å². The molecule has 2 aliphatic rings. The first-order valence-electron chi connectivity index (χ1n) is 5.30. The Morgan fingerprint density at radius 3 is 2.92 bits per heavy atom. The van der Waals surface area contributed by atoms with Crippen LogP contribution in [0.5, 0.6) is 0 Å². The van der Waals surface area contributed by atoms with E-state index < -0.39 is 0 Å². The van der Waals surface area contributed by atoms with Gasteiger partial charge in [-0.25, -0.2) is 0 Å². The lowest BCUT2D eigenvalue weighted by atomic mass is 10.1. The van der Waals surface area contributed by atoms with Crippen molar-refractivity contribution in [2.45, 2.75) is 38.2 Å². The van der Waals surface area contributed by atoms with Gasteiger partial charge < -0.3 is 9.64 Å². The number of ether oxygens (including phenoxy) is 1. The molecule has 1 N–H and O–H groups in total. The minimum atomic E-state index is 0.396. The van der Waals surface area contributed by atoms with Crippen LogP contribution in [0.15, 0.2) is 0 Å². The SMILES string of the molecule is N=C1CCCN1CC1CCCCO1. The second kappa shape index (κ2) is 4.09. The zero-order chi connectivity index (χ0) is 9.10. The fraction of sp³-hybridized carbons (Fsp3) is 0.900. The van der Waals surface area contributed by atoms with Crippen molar-refractivity contribution in [3.05, 3.63) is 0 Å². The molecule has 2 fully saturated rings. The quantitative estimate of drug-likeness (QED) is 0.704. The summed E-state index contributed by atoms with van der Waals surface area (Å²) < 4.78 is 5.65. The molecular weight excluding hydrogens is 164 g/mol. The molecule has 1 unspecified atom stereocenters. The lowest BCUT2D eigenvalue weighted by Crippen LogP contribution is -2.36. The van der Waals surface area contributed by atoms with E-state index in [4.69, 9.17) is 10.1 Å². The van der Waals surface area contributed by atoms with E-state index in [1.165, 1.54) is 19.3 Å². The Labute approximate surface area is 79.6 Å². The van der Waals surface area contributed by atoms with Gasteiger partial charge in [-0.2, -0.15) is 0 Å². The summed E-state index contributed by atoms with van der Waals surface area (Å²) in [6.45, 7) is 2.95. The molecule has 13 heavy (non-hydrogen) atoms. The fourth-order valence-electron chi connectivity index (χ4n) is 2.13. The van der Waals surface area contributed by atoms with Gasteiger partial charge >= 0.3 is 0 Å². The van der Waals surface area contributed by atoms with Crippen molar-refractivity contribution in [2.24, 2.45) is 0 Å². The van der Waals surface area contributed by atoms with Gasteiger partial charge in [-0.3, -0.25) is 5.41 Å². The molecule has 2 heterocycles. The highest BCUT2D eigenvalue weighted by molar-refractivity contribution is 5.80. The van der Waals surface area contributed by atoms with E-state index in [9.17, 15) is 0 Å². The summed E-state index contributed by atoms with van der Waals surface area (Å²) in [6.07, 6.45) is 6.22. The Morgan fingerprint density at radius 1 is 1.38 bits per heavy atom. The average Bonchev–Trinajstić information content (AvgIpc) is 2.54. The van der Waals surface area contributed by atoms with E-state index in [1.54, 1.807) is 0 Å². The van der Waals surface area contributed by atoms with Crippen LogP contribution >= 0.6 is 0 Å². The zero-order valence-electron chi connectivity index (χ0n) is 8.09. The lowest BCUT2D eigenvalue weighted by Gasteiger charge is -2.28. The number of hydrogen-bond donors (Lipinski definition) is 1. The maximum atomic E-state index is 7.69. The summed E-state index contributed by atoms with van der Waals surface area (Å²) in [5, 5.41) is 7.69. The molecule has 0 aromatic carbocycles. The maximum Gasteiger partial charge on any atom is 0.0959 e. The van der Waals surface area contributed by atoms with Gasteiger partial charge in [-0.1, -0.05) is 0 Å². The molecule has 0 aromatic rings. The molecule has 0 radical (unpaired) electrons. The van der Waals surface area contributed by atoms with Crippen LogP contribution in [0, 0.1) is 5.41 Å². The van der Waals surface area contributed by atoms with Crippen molar-refractivity contribution < 1.29 is 4.74 Å². The Hall–Kier alpha value is -0.570. The molecule has 3 heteroatoms. The van der Waals surface area contributed by atoms with Crippen molar-refractivity contribution in [2.75, 3.05) is 19.7 Å². The molecule has 2 saturated heterocycles. The van der Waals surface area contributed by atoms with Crippen molar-refractivity contribution in [1.29, 1.82) is 5.41 Å². The topological polar surface area (TPSA) is 36.3 Å². The monoisotopic (exact) mass is 182 g/mol. The van der Waals surface area contributed by atoms with Crippen LogP contribution < -0.4 is 0 Å². The average molecular weight is 182 g/mol. The van der Waals surface area contributed by atoms with Gasteiger partial charge in [-0.15, -0.1) is 0 Å². The Kier molecular flexibility index (Phi) is 2.83. The summed E-state index contributed by atoms with van der Waals surface area (Å²) in [4.78, 5) is 2.18. The predicted octanol–water partition coefficient (Wildman–Crippen LogP) is 1.63. The van der Waals surface area contributed by atoms with Crippen molar-refractivity contribution in [3.8, 4) is 0 Å². The summed E-state index contributed by atoms with van der Waals surface area (Å²) in [5.41, 5.74) is 0. The molecule has 2 aliphatic heterocycles. The summed E-state index contributed by atoms with van der Waals surface area (Å²) >= 11 is 0. The zero-order valence-corrected chi connectivity index (χ0v) is 8.09. The fourth-order valence-corrected chi connectivity index (χ4v) is 2.13. The first kappa shape index (κ1) is 9.00. The molecule has 0 aromatic heterocycles. The van der Waals surface area contributed by atoms with Gasteiger partial charge in [0.2, 0.25) is 0 Å². The number of nitrogens with one attached hydrogen (secondary N) is 1. The number of rotatable bonds is 2. The van der Waals surface area contributed by atoms with Crippen LogP contribution in [0.2, 0.25) is 0 Å². The highest BCUT2D eigenvalue weighted by Crippen LogP contribution is 2.17. The molecule has 0 bridgehead atoms. The minimum absolute atomic E-state index is 0.396. The van der Waals surface area contributed by atoms with Crippen LogP contribution in [0.1, 0.15) is 32.1 Å². The van der Waals surface area contributed by atoms with Crippen LogP contribution in [-0.4, -0.2) is 36.5 Å². The van der Waals surface area contributed by atoms with Crippen molar-refractivity contribution in [1.82, 2.24) is 4.90 Å². The van der Waals surface area contributed by atoms with Crippen LogP contribution in [0.25, 0.3) is 0 Å². The van der Waals surface area contributed by atoms with E-state index >= 15 is 0 Å². The second-order valence-corrected chi connectivity index (χ2v) is 3.98. The first-order chi connectivity index (χ1) is 6.36. The van der Waals surface area contributed by atoms with E-state index in [0.29, 0.717) is 6.10 Å². The highest BCUT2D eigenvalue weighted by Gasteiger charge is 2.22. The lowest BCUT2D eigenvalue weighted by molar-refractivity contribution is 0.00557. The minimum Gasteiger partial charge on any atom is -0.376 e. The van der Waals surface area contributed by atoms with Crippen LogP contribution in [-0.2, 0) is 4.74 Å². The summed E-state index contributed by atoms with van der Waals surface area (Å²) in [6, 6.07) is 0. The molecule has 1 atom stereocenters. The number of likely N-dealkylation sites (tertiary alicyclic amines) is 1. The van der Waals surface area contributed by atoms with E-state index in [-0.39, 0.29) is 0 Å². The third-order valence-electron chi connectivity index (χ3n) is 2.92. The molecule has 0 spiro atoms. The van der Waals surface area contributed by atoms with Crippen molar-refractivity contribution >= 4 is 5.84 Å². The summed E-state index contributed by atoms with van der Waals surface area (Å²) in [5.74, 6) is 0.814. The molecular formula is C10H18N2O. The molecule has 0 amide bonds. The van der Waals surface area contributed by atoms with Gasteiger partial charge in [0, 0.05) is 26.1 Å². The molecule has 0 saturated carbocycles. The molecule has 2 rings (SSSR count). The molecule has 3 nitrogen and oxygen atoms in total. The van der Waals surface area contributed by atoms with Gasteiger partial charge in [-0.05, 0) is 25.7 Å². The smallest absolute Gasteiger partial charge is 0.0959 e. The second-order valence-electron chi connectivity index (χ2n) is 3.98. The highest BCUT2D eigenvalue weighted by atomic mass is 16.5. The van der Waals surface area contributed by atoms with Crippen LogP contribution in [0.3, 0.4) is 0 Å². The van der Waals surface area contributed by atoms with E-state index in [1.807, 2.05) is 0 Å². The number of amidine groups is 1. The van der Waals surface area contributed by atoms with Gasteiger partial charge in [0.1, 0.15) is 0 Å². The standard InChI is InChI=1S/C10H18N2O/c11-10-5-3-6-12(10)8-9-4-1-2-7-13-9/h9,11H,1-8H2. The third-order valence-corrected chi connectivity index (χ3v) is 2.92. The largest absolute Gasteiger partial charge is 0.376 e. The normalized spacial score (nSPS) is 29.7. The van der Waals surface area contributed by atoms with Gasteiger partial charge in [0.15, 0.2) is 0 Å².